The minimum atomic E-state index is -0.566. The number of alkyl carbamates (subject to hydrolysis) is 1. The van der Waals surface area contributed by atoms with Gasteiger partial charge in [-0.2, -0.15) is 0 Å². The first-order valence-corrected chi connectivity index (χ1v) is 14.5. The van der Waals surface area contributed by atoms with Crippen molar-refractivity contribution >= 4 is 36.2 Å². The number of nitrogens with zero attached hydrogens (tertiary/aromatic N) is 4. The second-order valence-electron chi connectivity index (χ2n) is 13.9. The van der Waals surface area contributed by atoms with Gasteiger partial charge in [0.15, 0.2) is 0 Å². The van der Waals surface area contributed by atoms with E-state index in [4.69, 9.17) is 24.0 Å². The molecule has 2 saturated heterocycles. The average molecular weight is 561 g/mol. The van der Waals surface area contributed by atoms with Crippen molar-refractivity contribution < 1.29 is 23.6 Å². The Hall–Kier alpha value is -3.18. The van der Waals surface area contributed by atoms with Crippen molar-refractivity contribution in [3.8, 4) is 0 Å². The first-order chi connectivity index (χ1) is 19.2. The maximum absolute atomic E-state index is 13.5. The maximum atomic E-state index is 13.5. The molecule has 4 aliphatic rings. The number of anilines is 2. The van der Waals surface area contributed by atoms with Crippen molar-refractivity contribution in [3.63, 3.8) is 0 Å². The number of nitrogens with one attached hydrogen (secondary N) is 1. The quantitative estimate of drug-likeness (QED) is 0.564. The lowest BCUT2D eigenvalue weighted by molar-refractivity contribution is 0.00578. The molecule has 4 heterocycles. The molecule has 2 amide bonds. The van der Waals surface area contributed by atoms with Crippen molar-refractivity contribution in [1.29, 1.82) is 0 Å². The Morgan fingerprint density at radius 1 is 1.07 bits per heavy atom. The van der Waals surface area contributed by atoms with Gasteiger partial charge in [-0.05, 0) is 85.4 Å². The van der Waals surface area contributed by atoms with Crippen molar-refractivity contribution in [2.45, 2.75) is 96.0 Å². The minimum absolute atomic E-state index is 0.0463. The molecule has 3 aliphatic heterocycles. The highest BCUT2D eigenvalue weighted by Crippen LogP contribution is 2.57. The summed E-state index contributed by atoms with van der Waals surface area (Å²) in [6, 6.07) is 5.87. The molecule has 0 bridgehead atoms. The van der Waals surface area contributed by atoms with E-state index in [1.54, 1.807) is 17.3 Å². The van der Waals surface area contributed by atoms with Crippen LogP contribution in [0.25, 0.3) is 0 Å². The number of hydrogen-bond donors (Lipinski definition) is 1. The molecule has 41 heavy (non-hydrogen) atoms. The van der Waals surface area contributed by atoms with Gasteiger partial charge >= 0.3 is 13.2 Å². The van der Waals surface area contributed by atoms with E-state index in [1.807, 2.05) is 60.6 Å². The van der Waals surface area contributed by atoms with Gasteiger partial charge in [-0.25, -0.2) is 14.8 Å². The fraction of sp³-hybridized carbons (Fsp3) is 0.600. The van der Waals surface area contributed by atoms with Gasteiger partial charge < -0.3 is 29.2 Å². The summed E-state index contributed by atoms with van der Waals surface area (Å²) >= 11 is 0. The van der Waals surface area contributed by atoms with Gasteiger partial charge in [0.2, 0.25) is 5.95 Å². The smallest absolute Gasteiger partial charge is 0.444 e. The van der Waals surface area contributed by atoms with E-state index in [1.165, 1.54) is 5.56 Å². The fourth-order valence-corrected chi connectivity index (χ4v) is 5.86. The van der Waals surface area contributed by atoms with E-state index in [0.717, 1.165) is 30.5 Å². The number of amides is 2. The Balaban J connectivity index is 1.18. The van der Waals surface area contributed by atoms with E-state index >= 15 is 0 Å². The second kappa shape index (κ2) is 9.42. The SMILES string of the molecule is CC(C)(C)OC(=O)NC1CCN(C(=O)c2ccc3c(c2)N(c2ncc(B4OC(C)(C)C(C)(C)O4)cn2)CC32CC2)C1. The summed E-state index contributed by atoms with van der Waals surface area (Å²) in [5.74, 6) is 0.553. The third kappa shape index (κ3) is 5.18. The maximum Gasteiger partial charge on any atom is 0.498 e. The lowest BCUT2D eigenvalue weighted by Gasteiger charge is -2.32. The number of rotatable bonds is 4. The van der Waals surface area contributed by atoms with Crippen molar-refractivity contribution in [1.82, 2.24) is 20.2 Å². The number of likely N-dealkylation sites (tertiary alicyclic amines) is 1. The Bertz CT molecular complexity index is 1350. The highest BCUT2D eigenvalue weighted by molar-refractivity contribution is 6.61. The van der Waals surface area contributed by atoms with Gasteiger partial charge in [0.25, 0.3) is 5.91 Å². The molecule has 1 spiro atoms. The van der Waals surface area contributed by atoms with E-state index in [9.17, 15) is 9.59 Å². The molecule has 1 atom stereocenters. The molecule has 6 rings (SSSR count). The Morgan fingerprint density at radius 2 is 1.73 bits per heavy atom. The predicted molar refractivity (Wildman–Crippen MR) is 156 cm³/mol. The topological polar surface area (TPSA) is 106 Å². The zero-order chi connectivity index (χ0) is 29.4. The molecule has 2 aromatic rings. The predicted octanol–water partition coefficient (Wildman–Crippen LogP) is 3.70. The van der Waals surface area contributed by atoms with Crippen LogP contribution in [0.4, 0.5) is 16.4 Å². The Morgan fingerprint density at radius 3 is 2.34 bits per heavy atom. The van der Waals surface area contributed by atoms with Crippen LogP contribution >= 0.6 is 0 Å². The molecule has 1 aromatic heterocycles. The van der Waals surface area contributed by atoms with E-state index in [-0.39, 0.29) is 17.4 Å². The second-order valence-corrected chi connectivity index (χ2v) is 13.9. The zero-order valence-electron chi connectivity index (χ0n) is 25.1. The third-order valence-corrected chi connectivity index (χ3v) is 9.04. The number of carbonyl (C=O) groups excluding carboxylic acids is 2. The monoisotopic (exact) mass is 561 g/mol. The summed E-state index contributed by atoms with van der Waals surface area (Å²) in [5, 5.41) is 2.90. The van der Waals surface area contributed by atoms with Crippen LogP contribution in [0.2, 0.25) is 0 Å². The van der Waals surface area contributed by atoms with E-state index in [2.05, 4.69) is 16.3 Å². The summed E-state index contributed by atoms with van der Waals surface area (Å²) in [5.41, 5.74) is 2.29. The molecule has 1 unspecified atom stereocenters. The van der Waals surface area contributed by atoms with Crippen molar-refractivity contribution in [3.05, 3.63) is 41.7 Å². The fourth-order valence-electron chi connectivity index (χ4n) is 5.86. The summed E-state index contributed by atoms with van der Waals surface area (Å²) in [4.78, 5) is 39.1. The van der Waals surface area contributed by atoms with Gasteiger partial charge in [0, 0.05) is 54.2 Å². The minimum Gasteiger partial charge on any atom is -0.444 e. The molecule has 3 fully saturated rings. The van der Waals surface area contributed by atoms with Gasteiger partial charge in [-0.3, -0.25) is 4.79 Å². The largest absolute Gasteiger partial charge is 0.498 e. The van der Waals surface area contributed by atoms with Crippen LogP contribution in [0.15, 0.2) is 30.6 Å². The number of fused-ring (bicyclic) bond motifs is 2. The number of ether oxygens (including phenoxy) is 1. The van der Waals surface area contributed by atoms with E-state index in [0.29, 0.717) is 31.0 Å². The molecule has 1 N–H and O–H groups in total. The summed E-state index contributed by atoms with van der Waals surface area (Å²) in [7, 11) is -0.520. The molecule has 1 aliphatic carbocycles. The number of aromatic nitrogens is 2. The number of hydrogen-bond acceptors (Lipinski definition) is 8. The van der Waals surface area contributed by atoms with Crippen molar-refractivity contribution in [2.24, 2.45) is 0 Å². The highest BCUT2D eigenvalue weighted by Gasteiger charge is 2.54. The van der Waals surface area contributed by atoms with Crippen molar-refractivity contribution in [2.75, 3.05) is 24.5 Å². The van der Waals surface area contributed by atoms with Crippen LogP contribution in [0.3, 0.4) is 0 Å². The standard InChI is InChI=1S/C30H40BN5O5/c1-27(2,3)39-26(38)34-21-10-13-35(17-21)24(37)19-8-9-22-23(14-19)36(18-30(22)11-12-30)25-32-15-20(16-33-25)31-40-28(4,5)29(6,7)41-31/h8-9,14-16,21H,10-13,17-18H2,1-7H3,(H,34,38). The summed E-state index contributed by atoms with van der Waals surface area (Å²) in [6.07, 6.45) is 6.01. The summed E-state index contributed by atoms with van der Waals surface area (Å²) in [6.45, 7) is 15.4. The lowest BCUT2D eigenvalue weighted by Crippen LogP contribution is -2.41. The lowest BCUT2D eigenvalue weighted by atomic mass is 9.81. The molecule has 218 valence electrons. The molecule has 1 aromatic carbocycles. The molecule has 0 radical (unpaired) electrons. The van der Waals surface area contributed by atoms with Crippen LogP contribution < -0.4 is 15.7 Å². The van der Waals surface area contributed by atoms with Gasteiger partial charge in [0.1, 0.15) is 5.60 Å². The average Bonchev–Trinajstić information content (AvgIpc) is 3.29. The molecular weight excluding hydrogens is 521 g/mol. The van der Waals surface area contributed by atoms with E-state index < -0.39 is 30.0 Å². The molecule has 11 heteroatoms. The molecule has 1 saturated carbocycles. The highest BCUT2D eigenvalue weighted by atomic mass is 16.7. The normalized spacial score (nSPS) is 23.6. The van der Waals surface area contributed by atoms with Crippen LogP contribution in [-0.2, 0) is 19.5 Å². The number of carbonyl (C=O) groups is 2. The van der Waals surface area contributed by atoms with Gasteiger partial charge in [-0.15, -0.1) is 0 Å². The first kappa shape index (κ1) is 28.0. The third-order valence-electron chi connectivity index (χ3n) is 9.04. The van der Waals surface area contributed by atoms with Crippen LogP contribution in [0.1, 0.15) is 83.7 Å². The van der Waals surface area contributed by atoms with Crippen LogP contribution in [-0.4, -0.2) is 76.5 Å². The van der Waals surface area contributed by atoms with Crippen LogP contribution in [0, 0.1) is 0 Å². The Kier molecular flexibility index (Phi) is 6.43. The number of benzene rings is 1. The van der Waals surface area contributed by atoms with Gasteiger partial charge in [0.05, 0.1) is 17.2 Å². The first-order valence-electron chi connectivity index (χ1n) is 14.5. The zero-order valence-corrected chi connectivity index (χ0v) is 25.1. The van der Waals surface area contributed by atoms with Gasteiger partial charge in [-0.1, -0.05) is 6.07 Å². The Labute approximate surface area is 242 Å². The molecule has 10 nitrogen and oxygen atoms in total. The molecular formula is C30H40BN5O5. The van der Waals surface area contributed by atoms with Crippen LogP contribution in [0.5, 0.6) is 0 Å². The summed E-state index contributed by atoms with van der Waals surface area (Å²) < 4.78 is 17.7.